The number of anilines is 2. The molecule has 0 saturated carbocycles. The molecule has 0 atom stereocenters. The lowest BCUT2D eigenvalue weighted by atomic mass is 9.95. The molecule has 2 N–H and O–H groups in total. The van der Waals surface area contributed by atoms with E-state index >= 15 is 0 Å². The van der Waals surface area contributed by atoms with Gasteiger partial charge >= 0.3 is 0 Å². The molecule has 1 aromatic carbocycles. The minimum Gasteiger partial charge on any atom is -0.322 e. The standard InChI is InChI=1S/C23H20FN7O2S/c1-13-28-29-30-31(13)18-11-15(8-9-17(18)24)26-22(33)20-16-6-2-3-7-19(16)34-23(20)27-21(32)14-5-4-10-25-12-14/h4-5,8-12H,2-3,6-7H2,1H3,(H,26,33)(H,27,32). The van der Waals surface area contributed by atoms with Crippen molar-refractivity contribution in [1.82, 2.24) is 25.2 Å². The van der Waals surface area contributed by atoms with Crippen molar-refractivity contribution in [3.8, 4) is 5.69 Å². The van der Waals surface area contributed by atoms with Gasteiger partial charge in [-0.25, -0.2) is 4.39 Å². The Morgan fingerprint density at radius 1 is 1.12 bits per heavy atom. The largest absolute Gasteiger partial charge is 0.322 e. The van der Waals surface area contributed by atoms with Gasteiger partial charge in [0.1, 0.15) is 16.5 Å². The van der Waals surface area contributed by atoms with Crippen molar-refractivity contribution in [3.05, 3.63) is 75.9 Å². The van der Waals surface area contributed by atoms with Gasteiger partial charge in [0.25, 0.3) is 11.8 Å². The van der Waals surface area contributed by atoms with Crippen LogP contribution in [0.5, 0.6) is 0 Å². The maximum absolute atomic E-state index is 14.4. The average molecular weight is 478 g/mol. The summed E-state index contributed by atoms with van der Waals surface area (Å²) >= 11 is 1.43. The lowest BCUT2D eigenvalue weighted by molar-refractivity contribution is 0.102. The minimum absolute atomic E-state index is 0.123. The number of carbonyl (C=O) groups excluding carboxylic acids is 2. The number of aromatic nitrogens is 5. The molecular weight excluding hydrogens is 457 g/mol. The molecule has 1 aliphatic carbocycles. The Balaban J connectivity index is 1.46. The lowest BCUT2D eigenvalue weighted by Gasteiger charge is -2.14. The highest BCUT2D eigenvalue weighted by Gasteiger charge is 2.27. The third-order valence-corrected chi connectivity index (χ3v) is 6.81. The van der Waals surface area contributed by atoms with Crippen molar-refractivity contribution in [2.45, 2.75) is 32.6 Å². The maximum Gasteiger partial charge on any atom is 0.258 e. The van der Waals surface area contributed by atoms with Gasteiger partial charge in [-0.2, -0.15) is 4.68 Å². The number of rotatable bonds is 5. The fourth-order valence-corrected chi connectivity index (χ4v) is 5.25. The summed E-state index contributed by atoms with van der Waals surface area (Å²) in [5, 5.41) is 17.4. The van der Waals surface area contributed by atoms with Gasteiger partial charge in [-0.1, -0.05) is 0 Å². The van der Waals surface area contributed by atoms with E-state index in [1.54, 1.807) is 25.3 Å². The zero-order valence-corrected chi connectivity index (χ0v) is 19.0. The summed E-state index contributed by atoms with van der Waals surface area (Å²) in [5.74, 6) is -0.814. The number of halogens is 1. The average Bonchev–Trinajstić information content (AvgIpc) is 3.43. The second-order valence-corrected chi connectivity index (χ2v) is 8.97. The molecular formula is C23H20FN7O2S. The molecule has 0 radical (unpaired) electrons. The van der Waals surface area contributed by atoms with E-state index in [4.69, 9.17) is 0 Å². The van der Waals surface area contributed by atoms with Gasteiger partial charge in [0, 0.05) is 23.0 Å². The smallest absolute Gasteiger partial charge is 0.258 e. The van der Waals surface area contributed by atoms with E-state index in [1.165, 1.54) is 40.4 Å². The fraction of sp³-hybridized carbons (Fsp3) is 0.217. The number of nitrogens with zero attached hydrogens (tertiary/aromatic N) is 5. The summed E-state index contributed by atoms with van der Waals surface area (Å²) in [7, 11) is 0. The number of hydrogen-bond donors (Lipinski definition) is 2. The second-order valence-electron chi connectivity index (χ2n) is 7.87. The molecule has 2 amide bonds. The molecule has 172 valence electrons. The zero-order chi connectivity index (χ0) is 23.7. The number of carbonyl (C=O) groups is 2. The monoisotopic (exact) mass is 477 g/mol. The van der Waals surface area contributed by atoms with Crippen molar-refractivity contribution in [1.29, 1.82) is 0 Å². The number of pyridine rings is 1. The Kier molecular flexibility index (Phi) is 5.84. The van der Waals surface area contributed by atoms with Crippen LogP contribution in [0.4, 0.5) is 15.1 Å². The highest BCUT2D eigenvalue weighted by Crippen LogP contribution is 2.39. The number of amides is 2. The first-order valence-electron chi connectivity index (χ1n) is 10.7. The van der Waals surface area contributed by atoms with Crippen LogP contribution in [0.2, 0.25) is 0 Å². The summed E-state index contributed by atoms with van der Waals surface area (Å²) < 4.78 is 15.7. The van der Waals surface area contributed by atoms with E-state index in [-0.39, 0.29) is 17.5 Å². The van der Waals surface area contributed by atoms with Crippen LogP contribution in [0.25, 0.3) is 5.69 Å². The van der Waals surface area contributed by atoms with Crippen molar-refractivity contribution in [2.24, 2.45) is 0 Å². The van der Waals surface area contributed by atoms with Crippen molar-refractivity contribution < 1.29 is 14.0 Å². The van der Waals surface area contributed by atoms with Crippen LogP contribution < -0.4 is 10.6 Å². The van der Waals surface area contributed by atoms with Crippen LogP contribution in [0.1, 0.15) is 49.8 Å². The first kappa shape index (κ1) is 21.8. The van der Waals surface area contributed by atoms with E-state index in [2.05, 4.69) is 31.1 Å². The van der Waals surface area contributed by atoms with E-state index in [0.29, 0.717) is 27.6 Å². The molecule has 1 aliphatic rings. The molecule has 0 bridgehead atoms. The lowest BCUT2D eigenvalue weighted by Crippen LogP contribution is -2.19. The van der Waals surface area contributed by atoms with Gasteiger partial charge < -0.3 is 10.6 Å². The molecule has 0 spiro atoms. The van der Waals surface area contributed by atoms with E-state index < -0.39 is 5.82 Å². The van der Waals surface area contributed by atoms with Gasteiger partial charge in [0.05, 0.1) is 11.1 Å². The number of benzene rings is 1. The summed E-state index contributed by atoms with van der Waals surface area (Å²) in [5.41, 5.74) is 2.31. The third kappa shape index (κ3) is 4.17. The molecule has 4 aromatic rings. The van der Waals surface area contributed by atoms with Crippen LogP contribution in [-0.4, -0.2) is 37.0 Å². The quantitative estimate of drug-likeness (QED) is 0.450. The topological polar surface area (TPSA) is 115 Å². The van der Waals surface area contributed by atoms with Crippen molar-refractivity contribution >= 4 is 33.8 Å². The van der Waals surface area contributed by atoms with E-state index in [9.17, 15) is 14.0 Å². The first-order valence-corrected chi connectivity index (χ1v) is 11.5. The van der Waals surface area contributed by atoms with E-state index in [1.807, 2.05) is 0 Å². The number of thiophene rings is 1. The van der Waals surface area contributed by atoms with Crippen molar-refractivity contribution in [3.63, 3.8) is 0 Å². The summed E-state index contributed by atoms with van der Waals surface area (Å²) in [6.45, 7) is 1.65. The second kappa shape index (κ2) is 9.10. The molecule has 3 aromatic heterocycles. The number of nitrogens with one attached hydrogen (secondary N) is 2. The van der Waals surface area contributed by atoms with Crippen LogP contribution in [0.15, 0.2) is 42.7 Å². The summed E-state index contributed by atoms with van der Waals surface area (Å²) in [4.78, 5) is 31.3. The molecule has 11 heteroatoms. The molecule has 34 heavy (non-hydrogen) atoms. The number of fused-ring (bicyclic) bond motifs is 1. The highest BCUT2D eigenvalue weighted by molar-refractivity contribution is 7.17. The minimum atomic E-state index is -0.522. The van der Waals surface area contributed by atoms with Gasteiger partial charge in [-0.15, -0.1) is 16.4 Å². The first-order chi connectivity index (χ1) is 16.5. The molecule has 5 rings (SSSR count). The highest BCUT2D eigenvalue weighted by atomic mass is 32.1. The van der Waals surface area contributed by atoms with E-state index in [0.717, 1.165) is 36.1 Å². The predicted molar refractivity (Wildman–Crippen MR) is 125 cm³/mol. The maximum atomic E-state index is 14.4. The Morgan fingerprint density at radius 2 is 1.97 bits per heavy atom. The number of tetrazole rings is 1. The van der Waals surface area contributed by atoms with Crippen LogP contribution >= 0.6 is 11.3 Å². The summed E-state index contributed by atoms with van der Waals surface area (Å²) in [6.07, 6.45) is 6.70. The molecule has 3 heterocycles. The molecule has 0 saturated heterocycles. The normalized spacial score (nSPS) is 12.8. The third-order valence-electron chi connectivity index (χ3n) is 5.61. The molecule has 0 aliphatic heterocycles. The fourth-order valence-electron chi connectivity index (χ4n) is 3.97. The van der Waals surface area contributed by atoms with Gasteiger partial charge in [0.15, 0.2) is 5.82 Å². The van der Waals surface area contributed by atoms with Crippen LogP contribution in [0, 0.1) is 12.7 Å². The zero-order valence-electron chi connectivity index (χ0n) is 18.2. The van der Waals surface area contributed by atoms with Gasteiger partial charge in [-0.05, 0) is 78.9 Å². The van der Waals surface area contributed by atoms with Gasteiger partial charge in [0.2, 0.25) is 0 Å². The Hall–Kier alpha value is -3.99. The predicted octanol–water partition coefficient (Wildman–Crippen LogP) is 3.95. The Labute approximate surface area is 198 Å². The molecule has 9 nitrogen and oxygen atoms in total. The van der Waals surface area contributed by atoms with Crippen LogP contribution in [-0.2, 0) is 12.8 Å². The number of hydrogen-bond acceptors (Lipinski definition) is 7. The summed E-state index contributed by atoms with van der Waals surface area (Å²) in [6, 6.07) is 7.55. The Bertz CT molecular complexity index is 1380. The molecule has 0 fully saturated rings. The van der Waals surface area contributed by atoms with Gasteiger partial charge in [-0.3, -0.25) is 14.6 Å². The molecule has 0 unspecified atom stereocenters. The Morgan fingerprint density at radius 3 is 2.74 bits per heavy atom. The SMILES string of the molecule is Cc1nnnn1-c1cc(NC(=O)c2c(NC(=O)c3cccnc3)sc3c2CCCC3)ccc1F. The number of aryl methyl sites for hydroxylation is 2. The van der Waals surface area contributed by atoms with Crippen molar-refractivity contribution in [2.75, 3.05) is 10.6 Å². The van der Waals surface area contributed by atoms with Crippen LogP contribution in [0.3, 0.4) is 0 Å².